The Morgan fingerprint density at radius 2 is 1.80 bits per heavy atom. The summed E-state index contributed by atoms with van der Waals surface area (Å²) >= 11 is 3.55. The molecule has 218 valence electrons. The Labute approximate surface area is 250 Å². The number of hydrogen-bond donors (Lipinski definition) is 3. The lowest BCUT2D eigenvalue weighted by atomic mass is 10.0. The first kappa shape index (κ1) is 28.2. The highest BCUT2D eigenvalue weighted by Gasteiger charge is 2.27. The summed E-state index contributed by atoms with van der Waals surface area (Å²) < 4.78 is 27.3. The molecule has 3 aliphatic rings. The Hall–Kier alpha value is -2.93. The molecule has 10 nitrogen and oxygen atoms in total. The first-order valence-electron chi connectivity index (χ1n) is 14.2. The van der Waals surface area contributed by atoms with Crippen LogP contribution in [0.15, 0.2) is 47.1 Å². The summed E-state index contributed by atoms with van der Waals surface area (Å²) in [4.78, 5) is 16.8. The molecule has 2 saturated heterocycles. The average molecular weight is 642 g/mol. The third-order valence-corrected chi connectivity index (χ3v) is 10.2. The second kappa shape index (κ2) is 11.7. The van der Waals surface area contributed by atoms with Crippen molar-refractivity contribution in [2.45, 2.75) is 32.2 Å². The van der Waals surface area contributed by atoms with Gasteiger partial charge in [0.05, 0.1) is 15.9 Å². The van der Waals surface area contributed by atoms with Gasteiger partial charge in [0.2, 0.25) is 16.0 Å². The summed E-state index contributed by atoms with van der Waals surface area (Å²) in [5.41, 5.74) is 5.77. The van der Waals surface area contributed by atoms with Crippen molar-refractivity contribution in [2.24, 2.45) is 0 Å². The van der Waals surface area contributed by atoms with Gasteiger partial charge in [-0.3, -0.25) is 9.62 Å². The summed E-state index contributed by atoms with van der Waals surface area (Å²) in [7, 11) is -1.07. The number of aryl methyl sites for hydroxylation is 1. The molecular formula is C29H37BrN8O2S. The Balaban J connectivity index is 1.11. The number of rotatable bonds is 6. The van der Waals surface area contributed by atoms with Crippen molar-refractivity contribution in [3.63, 3.8) is 0 Å². The van der Waals surface area contributed by atoms with Gasteiger partial charge < -0.3 is 20.4 Å². The molecule has 0 aliphatic carbocycles. The van der Waals surface area contributed by atoms with Crippen LogP contribution < -0.4 is 20.3 Å². The number of fused-ring (bicyclic) bond motifs is 1. The Kier molecular flexibility index (Phi) is 8.08. The van der Waals surface area contributed by atoms with Gasteiger partial charge in [-0.25, -0.2) is 13.4 Å². The van der Waals surface area contributed by atoms with E-state index >= 15 is 0 Å². The van der Waals surface area contributed by atoms with Gasteiger partial charge >= 0.3 is 0 Å². The molecule has 3 N–H and O–H groups in total. The number of piperazine rings is 1. The van der Waals surface area contributed by atoms with E-state index in [0.29, 0.717) is 34.4 Å². The van der Waals surface area contributed by atoms with Gasteiger partial charge in [0, 0.05) is 74.1 Å². The molecule has 3 aliphatic heterocycles. The number of nitrogens with one attached hydrogen (secondary N) is 3. The van der Waals surface area contributed by atoms with Crippen LogP contribution in [0.25, 0.3) is 0 Å². The van der Waals surface area contributed by atoms with Gasteiger partial charge in [-0.05, 0) is 85.1 Å². The first-order valence-corrected chi connectivity index (χ1v) is 16.7. The standard InChI is InChI=1S/C29H37BrN8O2S/c1-20-18-21(6-7-27(20)38-11-8-22(9-12-38)37-15-13-36(2)14-16-37)32-29-31-19-24(30)28(34-29)33-25-4-3-5-26-23(25)10-17-41(39,40)35-26/h3-7,18-19,22,35H,8-17H2,1-2H3,(H2,31,32,33,34). The molecule has 12 heteroatoms. The zero-order valence-electron chi connectivity index (χ0n) is 23.5. The number of benzene rings is 2. The molecule has 4 heterocycles. The van der Waals surface area contributed by atoms with Crippen LogP contribution in [0.1, 0.15) is 24.0 Å². The van der Waals surface area contributed by atoms with E-state index in [4.69, 9.17) is 4.98 Å². The maximum atomic E-state index is 12.0. The number of aromatic nitrogens is 2. The molecule has 3 aromatic rings. The summed E-state index contributed by atoms with van der Waals surface area (Å²) in [6.07, 6.45) is 4.56. The van der Waals surface area contributed by atoms with E-state index in [1.54, 1.807) is 12.3 Å². The molecule has 0 spiro atoms. The fraction of sp³-hybridized carbons (Fsp3) is 0.448. The highest BCUT2D eigenvalue weighted by molar-refractivity contribution is 9.10. The second-order valence-corrected chi connectivity index (χ2v) is 13.9. The van der Waals surface area contributed by atoms with Gasteiger partial charge in [-0.2, -0.15) is 4.98 Å². The van der Waals surface area contributed by atoms with Crippen molar-refractivity contribution in [2.75, 3.05) is 72.3 Å². The van der Waals surface area contributed by atoms with Crippen molar-refractivity contribution in [3.8, 4) is 0 Å². The number of anilines is 6. The van der Waals surface area contributed by atoms with E-state index in [0.717, 1.165) is 30.0 Å². The van der Waals surface area contributed by atoms with E-state index < -0.39 is 10.0 Å². The fourth-order valence-electron chi connectivity index (χ4n) is 6.04. The lowest BCUT2D eigenvalue weighted by Crippen LogP contribution is -2.52. The normalized spacial score (nSPS) is 19.8. The number of likely N-dealkylation sites (N-methyl/N-ethyl adjacent to an activating group) is 1. The van der Waals surface area contributed by atoms with Gasteiger partial charge in [-0.1, -0.05) is 6.07 Å². The maximum absolute atomic E-state index is 12.0. The summed E-state index contributed by atoms with van der Waals surface area (Å²) in [5.74, 6) is 1.13. The molecule has 0 bridgehead atoms. The fourth-order valence-corrected chi connectivity index (χ4v) is 7.43. The predicted octanol–water partition coefficient (Wildman–Crippen LogP) is 4.55. The predicted molar refractivity (Wildman–Crippen MR) is 169 cm³/mol. The molecule has 6 rings (SSSR count). The molecule has 0 saturated carbocycles. The number of nitrogens with zero attached hydrogens (tertiary/aromatic N) is 5. The topological polar surface area (TPSA) is 106 Å². The van der Waals surface area contributed by atoms with Crippen molar-refractivity contribution >= 4 is 60.5 Å². The summed E-state index contributed by atoms with van der Waals surface area (Å²) in [6, 6.07) is 12.7. The van der Waals surface area contributed by atoms with Crippen LogP contribution in [0, 0.1) is 6.92 Å². The zero-order valence-corrected chi connectivity index (χ0v) is 25.9. The number of piperidine rings is 1. The Morgan fingerprint density at radius 1 is 1.02 bits per heavy atom. The molecule has 2 aromatic carbocycles. The highest BCUT2D eigenvalue weighted by atomic mass is 79.9. The minimum atomic E-state index is -3.29. The van der Waals surface area contributed by atoms with E-state index in [1.165, 1.54) is 50.3 Å². The number of hydrogen-bond acceptors (Lipinski definition) is 9. The van der Waals surface area contributed by atoms with Crippen LogP contribution in [-0.4, -0.2) is 86.3 Å². The second-order valence-electron chi connectivity index (χ2n) is 11.2. The number of sulfonamides is 1. The molecular weight excluding hydrogens is 604 g/mol. The zero-order chi connectivity index (χ0) is 28.6. The molecule has 0 radical (unpaired) electrons. The van der Waals surface area contributed by atoms with Crippen molar-refractivity contribution in [3.05, 3.63) is 58.2 Å². The SMILES string of the molecule is Cc1cc(Nc2ncc(Br)c(Nc3cccc4c3CCS(=O)(=O)N4)n2)ccc1N1CCC(N2CCN(C)CC2)CC1. The van der Waals surface area contributed by atoms with E-state index in [9.17, 15) is 8.42 Å². The third-order valence-electron chi connectivity index (χ3n) is 8.37. The molecule has 1 aromatic heterocycles. The van der Waals surface area contributed by atoms with Crippen LogP contribution in [0.2, 0.25) is 0 Å². The van der Waals surface area contributed by atoms with Crippen LogP contribution >= 0.6 is 15.9 Å². The average Bonchev–Trinajstić information content (AvgIpc) is 2.95. The van der Waals surface area contributed by atoms with Crippen LogP contribution in [0.5, 0.6) is 0 Å². The van der Waals surface area contributed by atoms with Gasteiger partial charge in [0.15, 0.2) is 0 Å². The highest BCUT2D eigenvalue weighted by Crippen LogP contribution is 2.34. The van der Waals surface area contributed by atoms with Crippen molar-refractivity contribution < 1.29 is 8.42 Å². The van der Waals surface area contributed by atoms with Gasteiger partial charge in [-0.15, -0.1) is 0 Å². The minimum absolute atomic E-state index is 0.0556. The first-order chi connectivity index (χ1) is 19.7. The lowest BCUT2D eigenvalue weighted by Gasteiger charge is -2.43. The quantitative estimate of drug-likeness (QED) is 0.358. The summed E-state index contributed by atoms with van der Waals surface area (Å²) in [5, 5.41) is 6.71. The smallest absolute Gasteiger partial charge is 0.233 e. The Bertz CT molecular complexity index is 1520. The minimum Gasteiger partial charge on any atom is -0.371 e. The molecule has 41 heavy (non-hydrogen) atoms. The van der Waals surface area contributed by atoms with Crippen molar-refractivity contribution in [1.29, 1.82) is 0 Å². The number of halogens is 1. The van der Waals surface area contributed by atoms with Gasteiger partial charge in [0.25, 0.3) is 0 Å². The van der Waals surface area contributed by atoms with Crippen molar-refractivity contribution in [1.82, 2.24) is 19.8 Å². The molecule has 0 unspecified atom stereocenters. The molecule has 0 amide bonds. The molecule has 0 atom stereocenters. The third kappa shape index (κ3) is 6.45. The summed E-state index contributed by atoms with van der Waals surface area (Å²) in [6.45, 7) is 9.04. The Morgan fingerprint density at radius 3 is 2.56 bits per heavy atom. The van der Waals surface area contributed by atoms with E-state index in [2.05, 4.69) is 83.1 Å². The van der Waals surface area contributed by atoms with Crippen LogP contribution in [0.3, 0.4) is 0 Å². The van der Waals surface area contributed by atoms with Crippen LogP contribution in [-0.2, 0) is 16.4 Å². The molecule has 2 fully saturated rings. The maximum Gasteiger partial charge on any atom is 0.233 e. The largest absolute Gasteiger partial charge is 0.371 e. The lowest BCUT2D eigenvalue weighted by molar-refractivity contribution is 0.0982. The van der Waals surface area contributed by atoms with Crippen LogP contribution in [0.4, 0.5) is 34.5 Å². The van der Waals surface area contributed by atoms with Gasteiger partial charge in [0.1, 0.15) is 5.82 Å². The van der Waals surface area contributed by atoms with E-state index in [1.807, 2.05) is 12.1 Å². The van der Waals surface area contributed by atoms with E-state index in [-0.39, 0.29) is 5.75 Å². The monoisotopic (exact) mass is 640 g/mol.